The minimum atomic E-state index is -3.21. The quantitative estimate of drug-likeness (QED) is 0.874. The summed E-state index contributed by atoms with van der Waals surface area (Å²) in [6, 6.07) is 7.91. The first-order valence-electron chi connectivity index (χ1n) is 9.49. The van der Waals surface area contributed by atoms with Crippen LogP contribution < -0.4 is 5.32 Å². The van der Waals surface area contributed by atoms with E-state index in [4.69, 9.17) is 0 Å². The summed E-state index contributed by atoms with van der Waals surface area (Å²) in [6.45, 7) is 6.28. The molecule has 1 aromatic carbocycles. The maximum Gasteiger partial charge on any atom is 0.317 e. The van der Waals surface area contributed by atoms with E-state index in [0.717, 1.165) is 24.0 Å². The summed E-state index contributed by atoms with van der Waals surface area (Å²) in [5, 5.41) is 2.68. The average molecular weight is 380 g/mol. The van der Waals surface area contributed by atoms with Gasteiger partial charge in [-0.15, -0.1) is 0 Å². The monoisotopic (exact) mass is 379 g/mol. The van der Waals surface area contributed by atoms with Crippen LogP contribution in [0.5, 0.6) is 0 Å². The third-order valence-electron chi connectivity index (χ3n) is 5.46. The van der Waals surface area contributed by atoms with E-state index >= 15 is 0 Å². The maximum atomic E-state index is 12.7. The third kappa shape index (κ3) is 4.20. The number of hydrogen-bond acceptors (Lipinski definition) is 3. The Hall–Kier alpha value is -1.60. The van der Waals surface area contributed by atoms with E-state index in [9.17, 15) is 13.2 Å². The lowest BCUT2D eigenvalue weighted by Gasteiger charge is -2.34. The number of rotatable bonds is 4. The molecular weight excluding hydrogens is 350 g/mol. The van der Waals surface area contributed by atoms with E-state index in [1.807, 2.05) is 32.0 Å². The summed E-state index contributed by atoms with van der Waals surface area (Å²) in [5.41, 5.74) is 2.24. The fourth-order valence-corrected chi connectivity index (χ4v) is 5.80. The number of urea groups is 1. The molecule has 6 nitrogen and oxygen atoms in total. The molecule has 0 radical (unpaired) electrons. The number of piperidine rings is 1. The molecule has 144 valence electrons. The molecule has 7 heteroatoms. The van der Waals surface area contributed by atoms with Gasteiger partial charge >= 0.3 is 6.03 Å². The van der Waals surface area contributed by atoms with Crippen molar-refractivity contribution in [2.75, 3.05) is 26.2 Å². The molecule has 2 aliphatic rings. The second-order valence-electron chi connectivity index (χ2n) is 7.42. The Morgan fingerprint density at radius 3 is 2.42 bits per heavy atom. The van der Waals surface area contributed by atoms with Crippen LogP contribution in [-0.4, -0.2) is 55.1 Å². The molecule has 2 saturated heterocycles. The Labute approximate surface area is 156 Å². The van der Waals surface area contributed by atoms with Crippen LogP contribution >= 0.6 is 0 Å². The fourth-order valence-electron chi connectivity index (χ4n) is 3.81. The second-order valence-corrected chi connectivity index (χ2v) is 9.64. The highest BCUT2D eigenvalue weighted by molar-refractivity contribution is 7.89. The van der Waals surface area contributed by atoms with E-state index in [2.05, 4.69) is 11.4 Å². The maximum absolute atomic E-state index is 12.7. The van der Waals surface area contributed by atoms with Crippen LogP contribution in [0.2, 0.25) is 0 Å². The van der Waals surface area contributed by atoms with E-state index in [0.29, 0.717) is 39.0 Å². The fraction of sp³-hybridized carbons (Fsp3) is 0.632. The van der Waals surface area contributed by atoms with Crippen LogP contribution in [0.15, 0.2) is 24.3 Å². The van der Waals surface area contributed by atoms with Crippen LogP contribution in [0.3, 0.4) is 0 Å². The summed E-state index contributed by atoms with van der Waals surface area (Å²) < 4.78 is 27.0. The first-order chi connectivity index (χ1) is 12.4. The number of carbonyl (C=O) groups excluding carboxylic acids is 1. The molecular formula is C19H29N3O3S. The van der Waals surface area contributed by atoms with E-state index < -0.39 is 10.0 Å². The number of aryl methyl sites for hydroxylation is 1. The number of carbonyl (C=O) groups is 1. The van der Waals surface area contributed by atoms with Crippen LogP contribution in [-0.2, 0) is 10.0 Å². The van der Waals surface area contributed by atoms with E-state index in [1.165, 1.54) is 0 Å². The molecule has 1 N–H and O–H groups in total. The first-order valence-corrected chi connectivity index (χ1v) is 11.0. The Bertz CT molecular complexity index is 736. The van der Waals surface area contributed by atoms with Crippen LogP contribution in [0.25, 0.3) is 0 Å². The zero-order valence-electron chi connectivity index (χ0n) is 15.6. The van der Waals surface area contributed by atoms with E-state index in [1.54, 1.807) is 9.21 Å². The Kier molecular flexibility index (Phi) is 5.87. The van der Waals surface area contributed by atoms with Gasteiger partial charge in [0, 0.05) is 26.2 Å². The number of sulfonamides is 1. The Morgan fingerprint density at radius 1 is 1.15 bits per heavy atom. The topological polar surface area (TPSA) is 69.7 Å². The van der Waals surface area contributed by atoms with E-state index in [-0.39, 0.29) is 17.3 Å². The molecule has 26 heavy (non-hydrogen) atoms. The van der Waals surface area contributed by atoms with Crippen LogP contribution in [0, 0.1) is 6.92 Å². The molecule has 2 aliphatic heterocycles. The van der Waals surface area contributed by atoms with Crippen molar-refractivity contribution in [3.63, 3.8) is 0 Å². The number of benzene rings is 1. The lowest BCUT2D eigenvalue weighted by Crippen LogP contribution is -2.49. The van der Waals surface area contributed by atoms with Crippen molar-refractivity contribution < 1.29 is 13.2 Å². The van der Waals surface area contributed by atoms with Crippen LogP contribution in [0.1, 0.15) is 49.8 Å². The lowest BCUT2D eigenvalue weighted by molar-refractivity contribution is 0.183. The molecule has 0 aliphatic carbocycles. The average Bonchev–Trinajstić information content (AvgIpc) is 3.17. The summed E-state index contributed by atoms with van der Waals surface area (Å²) in [5.74, 6) is 0. The van der Waals surface area contributed by atoms with Crippen molar-refractivity contribution in [1.29, 1.82) is 0 Å². The summed E-state index contributed by atoms with van der Waals surface area (Å²) in [7, 11) is -3.21. The zero-order valence-corrected chi connectivity index (χ0v) is 16.5. The van der Waals surface area contributed by atoms with Crippen molar-refractivity contribution >= 4 is 16.1 Å². The second kappa shape index (κ2) is 7.96. The SMILES string of the molecule is Cc1cccc(C(C)NC(=O)N2CCC(S(=O)(=O)N3CCCC3)CC2)c1. The molecule has 0 spiro atoms. The van der Waals surface area contributed by atoms with Crippen molar-refractivity contribution in [3.8, 4) is 0 Å². The van der Waals surface area contributed by atoms with Crippen molar-refractivity contribution in [1.82, 2.24) is 14.5 Å². The zero-order chi connectivity index (χ0) is 18.7. The smallest absolute Gasteiger partial charge is 0.317 e. The van der Waals surface area contributed by atoms with Crippen molar-refractivity contribution in [2.45, 2.75) is 50.8 Å². The van der Waals surface area contributed by atoms with Gasteiger partial charge in [0.25, 0.3) is 0 Å². The molecule has 3 rings (SSSR count). The van der Waals surface area contributed by atoms with Gasteiger partial charge in [-0.1, -0.05) is 29.8 Å². The third-order valence-corrected chi connectivity index (χ3v) is 7.86. The summed E-state index contributed by atoms with van der Waals surface area (Å²) >= 11 is 0. The Morgan fingerprint density at radius 2 is 1.81 bits per heavy atom. The van der Waals surface area contributed by atoms with Gasteiger partial charge in [0.2, 0.25) is 10.0 Å². The van der Waals surface area contributed by atoms with Gasteiger partial charge in [0.15, 0.2) is 0 Å². The highest BCUT2D eigenvalue weighted by Gasteiger charge is 2.36. The molecule has 1 aromatic rings. The normalized spacial score (nSPS) is 20.9. The predicted molar refractivity (Wildman–Crippen MR) is 102 cm³/mol. The summed E-state index contributed by atoms with van der Waals surface area (Å²) in [6.07, 6.45) is 2.95. The van der Waals surface area contributed by atoms with Gasteiger partial charge in [-0.25, -0.2) is 17.5 Å². The van der Waals surface area contributed by atoms with Crippen molar-refractivity contribution in [3.05, 3.63) is 35.4 Å². The predicted octanol–water partition coefficient (Wildman–Crippen LogP) is 2.66. The molecule has 0 bridgehead atoms. The molecule has 1 unspecified atom stereocenters. The molecule has 1 atom stereocenters. The van der Waals surface area contributed by atoms with Gasteiger partial charge in [-0.05, 0) is 45.1 Å². The highest BCUT2D eigenvalue weighted by atomic mass is 32.2. The lowest BCUT2D eigenvalue weighted by atomic mass is 10.1. The number of likely N-dealkylation sites (tertiary alicyclic amines) is 1. The minimum Gasteiger partial charge on any atom is -0.331 e. The molecule has 0 aromatic heterocycles. The van der Waals surface area contributed by atoms with Gasteiger partial charge in [-0.3, -0.25) is 0 Å². The van der Waals surface area contributed by atoms with Gasteiger partial charge < -0.3 is 10.2 Å². The summed E-state index contributed by atoms with van der Waals surface area (Å²) in [4.78, 5) is 14.3. The number of nitrogens with one attached hydrogen (secondary N) is 1. The highest BCUT2D eigenvalue weighted by Crippen LogP contribution is 2.24. The standard InChI is InChI=1S/C19H29N3O3S/c1-15-6-5-7-17(14-15)16(2)20-19(23)21-12-8-18(9-13-21)26(24,25)22-10-3-4-11-22/h5-7,14,16,18H,3-4,8-13H2,1-2H3,(H,20,23). The molecule has 2 amide bonds. The van der Waals surface area contributed by atoms with Gasteiger partial charge in [-0.2, -0.15) is 0 Å². The Balaban J connectivity index is 1.53. The first kappa shape index (κ1) is 19.2. The van der Waals surface area contributed by atoms with Gasteiger partial charge in [0.1, 0.15) is 0 Å². The number of nitrogens with zero attached hydrogens (tertiary/aromatic N) is 2. The van der Waals surface area contributed by atoms with Crippen LogP contribution in [0.4, 0.5) is 4.79 Å². The largest absolute Gasteiger partial charge is 0.331 e. The minimum absolute atomic E-state index is 0.0755. The van der Waals surface area contributed by atoms with Gasteiger partial charge in [0.05, 0.1) is 11.3 Å². The van der Waals surface area contributed by atoms with Crippen molar-refractivity contribution in [2.24, 2.45) is 0 Å². The number of hydrogen-bond donors (Lipinski definition) is 1. The molecule has 2 fully saturated rings. The number of amides is 2. The molecule has 2 heterocycles. The molecule has 0 saturated carbocycles.